The molecule has 3 heteroatoms. The van der Waals surface area contributed by atoms with E-state index in [1.165, 1.54) is 12.5 Å². The zero-order valence-corrected chi connectivity index (χ0v) is 11.7. The molecule has 0 unspecified atom stereocenters. The van der Waals surface area contributed by atoms with Crippen LogP contribution in [0, 0.1) is 6.07 Å². The fourth-order valence-electron chi connectivity index (χ4n) is 1.15. The molecule has 0 bridgehead atoms. The maximum atomic E-state index is 10.7. The molecule has 0 aliphatic rings. The van der Waals surface area contributed by atoms with E-state index in [2.05, 4.69) is 26.8 Å². The molecule has 1 radical (unpaired) electrons. The van der Waals surface area contributed by atoms with E-state index in [0.29, 0.717) is 5.75 Å². The molecular formula is C14H21O2Rh-. The van der Waals surface area contributed by atoms with Crippen molar-refractivity contribution in [3.05, 3.63) is 29.8 Å². The minimum absolute atomic E-state index is 0. The fourth-order valence-corrected chi connectivity index (χ4v) is 1.15. The molecule has 0 fully saturated rings. The summed E-state index contributed by atoms with van der Waals surface area (Å²) in [5.41, 5.74) is 1.33. The smallest absolute Gasteiger partial charge is 0.167 e. The van der Waals surface area contributed by atoms with Crippen LogP contribution in [-0.4, -0.2) is 12.4 Å². The van der Waals surface area contributed by atoms with E-state index in [1.807, 2.05) is 18.2 Å². The maximum absolute atomic E-state index is 10.7. The first-order chi connectivity index (χ1) is 6.89. The number of carbonyl (C=O) groups excluding carboxylic acids is 1. The van der Waals surface area contributed by atoms with Gasteiger partial charge in [-0.25, -0.2) is 0 Å². The number of rotatable bonds is 3. The van der Waals surface area contributed by atoms with Crippen molar-refractivity contribution in [2.75, 3.05) is 6.61 Å². The number of Topliss-reactive ketones (excluding diaryl/α,β-unsaturated/α-hetero) is 1. The van der Waals surface area contributed by atoms with Crippen molar-refractivity contribution in [2.24, 2.45) is 0 Å². The Bertz CT molecular complexity index is 336. The molecule has 1 aromatic rings. The summed E-state index contributed by atoms with van der Waals surface area (Å²) in [5.74, 6) is 0.640. The molecule has 0 aliphatic carbocycles. The molecule has 1 rings (SSSR count). The van der Waals surface area contributed by atoms with Crippen LogP contribution >= 0.6 is 0 Å². The van der Waals surface area contributed by atoms with E-state index in [4.69, 9.17) is 4.74 Å². The summed E-state index contributed by atoms with van der Waals surface area (Å²) in [6.07, 6.45) is 0. The van der Waals surface area contributed by atoms with Gasteiger partial charge in [-0.3, -0.25) is 4.79 Å². The quantitative estimate of drug-likeness (QED) is 0.629. The molecule has 0 atom stereocenters. The minimum Gasteiger partial charge on any atom is -0.512 e. The van der Waals surface area contributed by atoms with Gasteiger partial charge in [-0.05, 0) is 6.92 Å². The van der Waals surface area contributed by atoms with Gasteiger partial charge in [0.1, 0.15) is 6.61 Å². The summed E-state index contributed by atoms with van der Waals surface area (Å²) >= 11 is 0. The van der Waals surface area contributed by atoms with Gasteiger partial charge in [0.15, 0.2) is 5.78 Å². The van der Waals surface area contributed by atoms with E-state index in [0.717, 1.165) is 0 Å². The molecule has 0 N–H and O–H groups in total. The van der Waals surface area contributed by atoms with E-state index in [1.54, 1.807) is 0 Å². The Balaban J connectivity index is 0. The van der Waals surface area contributed by atoms with Gasteiger partial charge >= 0.3 is 0 Å². The molecule has 0 saturated carbocycles. The van der Waals surface area contributed by atoms with Gasteiger partial charge in [0.05, 0.1) is 0 Å². The number of hydrogen-bond acceptors (Lipinski definition) is 2. The first-order valence-corrected chi connectivity index (χ1v) is 5.04. The van der Waals surface area contributed by atoms with Crippen LogP contribution in [0.5, 0.6) is 5.75 Å². The molecule has 0 saturated heterocycles. The van der Waals surface area contributed by atoms with Gasteiger partial charge in [-0.1, -0.05) is 33.6 Å². The third-order valence-electron chi connectivity index (χ3n) is 2.08. The fraction of sp³-hybridized carbons (Fsp3) is 0.500. The monoisotopic (exact) mass is 324 g/mol. The normalized spacial score (nSPS) is 9.88. The third-order valence-corrected chi connectivity index (χ3v) is 2.08. The van der Waals surface area contributed by atoms with Crippen molar-refractivity contribution >= 4 is 5.78 Å². The third kappa shape index (κ3) is 6.58. The van der Waals surface area contributed by atoms with Crippen LogP contribution in [0.3, 0.4) is 0 Å². The van der Waals surface area contributed by atoms with Crippen LogP contribution in [0.1, 0.15) is 40.7 Å². The average molecular weight is 324 g/mol. The Morgan fingerprint density at radius 2 is 1.94 bits per heavy atom. The van der Waals surface area contributed by atoms with Gasteiger partial charge in [-0.2, -0.15) is 17.7 Å². The number of hydrogen-bond donors (Lipinski definition) is 0. The summed E-state index contributed by atoms with van der Waals surface area (Å²) in [6.45, 7) is 8.06. The Morgan fingerprint density at radius 1 is 1.35 bits per heavy atom. The molecule has 0 spiro atoms. The summed E-state index contributed by atoms with van der Waals surface area (Å²) < 4.78 is 5.23. The second kappa shape index (κ2) is 7.60. The Kier molecular flexibility index (Phi) is 8.35. The molecule has 1 aromatic carbocycles. The topological polar surface area (TPSA) is 26.3 Å². The van der Waals surface area contributed by atoms with Crippen LogP contribution in [0.25, 0.3) is 0 Å². The van der Waals surface area contributed by atoms with Gasteiger partial charge < -0.3 is 4.74 Å². The second-order valence-corrected chi connectivity index (χ2v) is 4.68. The van der Waals surface area contributed by atoms with Crippen LogP contribution < -0.4 is 4.74 Å². The Morgan fingerprint density at radius 3 is 2.29 bits per heavy atom. The second-order valence-electron chi connectivity index (χ2n) is 4.68. The van der Waals surface area contributed by atoms with Crippen molar-refractivity contribution in [2.45, 2.75) is 40.5 Å². The molecule has 0 amide bonds. The first kappa shape index (κ1) is 18.7. The van der Waals surface area contributed by atoms with E-state index in [-0.39, 0.29) is 44.7 Å². The minimum atomic E-state index is 0. The number of carbonyl (C=O) groups is 1. The van der Waals surface area contributed by atoms with Crippen molar-refractivity contribution in [3.63, 3.8) is 0 Å². The SMILES string of the molecule is C.CC(=O)COc1[c-]cc(C(C)(C)C)cc1.[Rh]. The van der Waals surface area contributed by atoms with Gasteiger partial charge in [-0.15, -0.1) is 12.1 Å². The Labute approximate surface area is 118 Å². The van der Waals surface area contributed by atoms with Crippen LogP contribution in [0.2, 0.25) is 0 Å². The summed E-state index contributed by atoms with van der Waals surface area (Å²) in [5, 5.41) is 0. The van der Waals surface area contributed by atoms with Crippen LogP contribution in [0.4, 0.5) is 0 Å². The van der Waals surface area contributed by atoms with Gasteiger partial charge in [0.25, 0.3) is 0 Å². The van der Waals surface area contributed by atoms with E-state index >= 15 is 0 Å². The van der Waals surface area contributed by atoms with E-state index < -0.39 is 0 Å². The Hall–Kier alpha value is -0.687. The van der Waals surface area contributed by atoms with Gasteiger partial charge in [0, 0.05) is 25.2 Å². The molecule has 0 aliphatic heterocycles. The average Bonchev–Trinajstić information content (AvgIpc) is 2.14. The predicted octanol–water partition coefficient (Wildman–Crippen LogP) is 3.39. The van der Waals surface area contributed by atoms with Gasteiger partial charge in [0.2, 0.25) is 0 Å². The number of ketones is 1. The molecule has 0 heterocycles. The first-order valence-electron chi connectivity index (χ1n) is 5.04. The van der Waals surface area contributed by atoms with Crippen molar-refractivity contribution < 1.29 is 29.0 Å². The standard InChI is InChI=1S/C13H17O2.CH4.Rh/c1-10(14)9-15-12-7-5-11(6-8-12)13(2,3)4;;/h5-7H,9H2,1-4H3;1H4;/q-1;;. The zero-order chi connectivity index (χ0) is 11.5. The van der Waals surface area contributed by atoms with Crippen molar-refractivity contribution in [1.29, 1.82) is 0 Å². The van der Waals surface area contributed by atoms with Crippen molar-refractivity contribution in [3.8, 4) is 5.75 Å². The largest absolute Gasteiger partial charge is 0.512 e. The van der Waals surface area contributed by atoms with Crippen LogP contribution in [0.15, 0.2) is 18.2 Å². The summed E-state index contributed by atoms with van der Waals surface area (Å²) in [6, 6.07) is 8.79. The molecule has 17 heavy (non-hydrogen) atoms. The van der Waals surface area contributed by atoms with Crippen LogP contribution in [-0.2, 0) is 29.7 Å². The molecule has 2 nitrogen and oxygen atoms in total. The number of benzene rings is 1. The summed E-state index contributed by atoms with van der Waals surface area (Å²) in [7, 11) is 0. The summed E-state index contributed by atoms with van der Waals surface area (Å²) in [4.78, 5) is 10.7. The molecule has 99 valence electrons. The van der Waals surface area contributed by atoms with Crippen molar-refractivity contribution in [1.82, 2.24) is 0 Å². The van der Waals surface area contributed by atoms with E-state index in [9.17, 15) is 4.79 Å². The maximum Gasteiger partial charge on any atom is 0.167 e. The predicted molar refractivity (Wildman–Crippen MR) is 66.9 cm³/mol. The zero-order valence-electron chi connectivity index (χ0n) is 10.1. The molecule has 0 aromatic heterocycles. The molecular weight excluding hydrogens is 303 g/mol. The number of ether oxygens (including phenoxy) is 1.